The minimum atomic E-state index is -0.746. The van der Waals surface area contributed by atoms with Crippen LogP contribution in [0.25, 0.3) is 0 Å². The van der Waals surface area contributed by atoms with Crippen LogP contribution in [0, 0.1) is 15.9 Å². The van der Waals surface area contributed by atoms with Crippen LogP contribution in [0.5, 0.6) is 0 Å². The molecule has 1 fully saturated rings. The van der Waals surface area contributed by atoms with E-state index in [0.717, 1.165) is 31.6 Å². The van der Waals surface area contributed by atoms with Crippen LogP contribution in [0.4, 0.5) is 10.1 Å². The molecule has 0 saturated carbocycles. The van der Waals surface area contributed by atoms with Gasteiger partial charge in [-0.3, -0.25) is 15.0 Å². The highest BCUT2D eigenvalue weighted by atomic mass is 19.1. The number of nitro benzene ring substituents is 1. The minimum Gasteiger partial charge on any atom is -0.298 e. The highest BCUT2D eigenvalue weighted by Crippen LogP contribution is 2.30. The van der Waals surface area contributed by atoms with Crippen molar-refractivity contribution >= 4 is 5.69 Å². The number of benzene rings is 2. The summed E-state index contributed by atoms with van der Waals surface area (Å²) in [5, 5.41) is 10.7. The average Bonchev–Trinajstić information content (AvgIpc) is 2.96. The zero-order valence-corrected chi connectivity index (χ0v) is 12.1. The van der Waals surface area contributed by atoms with Crippen molar-refractivity contribution in [2.75, 3.05) is 13.1 Å². The van der Waals surface area contributed by atoms with Crippen molar-refractivity contribution < 1.29 is 9.31 Å². The zero-order valence-electron chi connectivity index (χ0n) is 12.1. The fourth-order valence-electron chi connectivity index (χ4n) is 3.02. The van der Waals surface area contributed by atoms with Gasteiger partial charge in [0.05, 0.1) is 4.92 Å². The predicted molar refractivity (Wildman–Crippen MR) is 82.1 cm³/mol. The number of nitro groups is 1. The third kappa shape index (κ3) is 3.14. The van der Waals surface area contributed by atoms with Crippen LogP contribution in [0.15, 0.2) is 48.5 Å². The molecule has 0 spiro atoms. The molecule has 2 aromatic carbocycles. The number of likely N-dealkylation sites (tertiary alicyclic amines) is 1. The summed E-state index contributed by atoms with van der Waals surface area (Å²) in [5.41, 5.74) is 1.65. The summed E-state index contributed by atoms with van der Waals surface area (Å²) in [4.78, 5) is 12.3. The second kappa shape index (κ2) is 6.23. The molecular formula is C17H17FN2O2. The molecule has 1 atom stereocenters. The number of hydrogen-bond acceptors (Lipinski definition) is 3. The van der Waals surface area contributed by atoms with Gasteiger partial charge in [-0.2, -0.15) is 4.39 Å². The molecule has 0 aliphatic carbocycles. The van der Waals surface area contributed by atoms with Gasteiger partial charge in [0.15, 0.2) is 0 Å². The first kappa shape index (κ1) is 14.7. The molecule has 0 aromatic heterocycles. The third-order valence-corrected chi connectivity index (χ3v) is 4.16. The summed E-state index contributed by atoms with van der Waals surface area (Å²) in [6.45, 7) is 2.69. The monoisotopic (exact) mass is 300 g/mol. The predicted octanol–water partition coefficient (Wildman–Crippen LogP) is 3.72. The van der Waals surface area contributed by atoms with Crippen molar-refractivity contribution in [2.24, 2.45) is 0 Å². The van der Waals surface area contributed by atoms with Gasteiger partial charge < -0.3 is 0 Å². The number of halogens is 1. The average molecular weight is 300 g/mol. The van der Waals surface area contributed by atoms with Crippen molar-refractivity contribution in [3.05, 3.63) is 75.6 Å². The molecule has 0 bridgehead atoms. The molecule has 3 rings (SSSR count). The first-order valence-corrected chi connectivity index (χ1v) is 7.33. The summed E-state index contributed by atoms with van der Waals surface area (Å²) >= 11 is 0. The fourth-order valence-corrected chi connectivity index (χ4v) is 3.02. The van der Waals surface area contributed by atoms with E-state index in [9.17, 15) is 14.5 Å². The van der Waals surface area contributed by atoms with Crippen LogP contribution in [-0.4, -0.2) is 22.9 Å². The zero-order chi connectivity index (χ0) is 15.5. The number of rotatable bonds is 4. The molecule has 22 heavy (non-hydrogen) atoms. The van der Waals surface area contributed by atoms with Crippen LogP contribution < -0.4 is 0 Å². The van der Waals surface area contributed by atoms with E-state index < -0.39 is 16.4 Å². The Balaban J connectivity index is 1.67. The molecule has 1 aliphatic heterocycles. The largest absolute Gasteiger partial charge is 0.304 e. The summed E-state index contributed by atoms with van der Waals surface area (Å²) < 4.78 is 13.7. The Labute approximate surface area is 128 Å². The van der Waals surface area contributed by atoms with Gasteiger partial charge in [-0.1, -0.05) is 36.4 Å². The molecule has 0 radical (unpaired) electrons. The van der Waals surface area contributed by atoms with E-state index in [1.807, 2.05) is 18.2 Å². The van der Waals surface area contributed by atoms with E-state index in [4.69, 9.17) is 0 Å². The maximum absolute atomic E-state index is 13.7. The van der Waals surface area contributed by atoms with Gasteiger partial charge in [-0.25, -0.2) is 0 Å². The number of nitrogens with zero attached hydrogens (tertiary/aromatic N) is 2. The van der Waals surface area contributed by atoms with Crippen molar-refractivity contribution in [3.63, 3.8) is 0 Å². The lowest BCUT2D eigenvalue weighted by molar-refractivity contribution is -0.387. The van der Waals surface area contributed by atoms with Crippen molar-refractivity contribution in [2.45, 2.75) is 18.9 Å². The lowest BCUT2D eigenvalue weighted by atomic mass is 9.98. The Morgan fingerprint density at radius 3 is 2.68 bits per heavy atom. The quantitative estimate of drug-likeness (QED) is 0.638. The normalized spacial score (nSPS) is 18.5. The van der Waals surface area contributed by atoms with Crippen molar-refractivity contribution in [1.82, 2.24) is 4.90 Å². The Morgan fingerprint density at radius 1 is 1.23 bits per heavy atom. The van der Waals surface area contributed by atoms with E-state index in [1.165, 1.54) is 17.7 Å². The highest BCUT2D eigenvalue weighted by Gasteiger charge is 2.25. The van der Waals surface area contributed by atoms with Gasteiger partial charge in [0.1, 0.15) is 0 Å². The molecule has 0 amide bonds. The molecule has 4 nitrogen and oxygen atoms in total. The van der Waals surface area contributed by atoms with Gasteiger partial charge >= 0.3 is 5.69 Å². The molecule has 1 aliphatic rings. The summed E-state index contributed by atoms with van der Waals surface area (Å²) in [6, 6.07) is 14.5. The molecular weight excluding hydrogens is 283 g/mol. The smallest absolute Gasteiger partial charge is 0.298 e. The SMILES string of the molecule is O=[N+]([O-])c1ccc([C@@H]2CCN(Cc3ccccc3)C2)cc1F. The van der Waals surface area contributed by atoms with Gasteiger partial charge in [0.2, 0.25) is 5.82 Å². The highest BCUT2D eigenvalue weighted by molar-refractivity contribution is 5.36. The Kier molecular flexibility index (Phi) is 4.15. The molecule has 114 valence electrons. The second-order valence-electron chi connectivity index (χ2n) is 5.67. The van der Waals surface area contributed by atoms with Crippen LogP contribution in [0.2, 0.25) is 0 Å². The molecule has 1 saturated heterocycles. The van der Waals surface area contributed by atoms with Crippen molar-refractivity contribution in [3.8, 4) is 0 Å². The molecule has 0 N–H and O–H groups in total. The van der Waals surface area contributed by atoms with E-state index in [0.29, 0.717) is 0 Å². The maximum atomic E-state index is 13.7. The second-order valence-corrected chi connectivity index (χ2v) is 5.67. The van der Waals surface area contributed by atoms with Gasteiger partial charge in [0.25, 0.3) is 0 Å². The van der Waals surface area contributed by atoms with E-state index >= 15 is 0 Å². The summed E-state index contributed by atoms with van der Waals surface area (Å²) in [6.07, 6.45) is 0.948. The Morgan fingerprint density at radius 2 is 2.00 bits per heavy atom. The molecule has 1 heterocycles. The molecule has 0 unspecified atom stereocenters. The van der Waals surface area contributed by atoms with Gasteiger partial charge in [-0.15, -0.1) is 0 Å². The third-order valence-electron chi connectivity index (χ3n) is 4.16. The lowest BCUT2D eigenvalue weighted by Crippen LogP contribution is -2.19. The van der Waals surface area contributed by atoms with Crippen LogP contribution >= 0.6 is 0 Å². The van der Waals surface area contributed by atoms with E-state index in [1.54, 1.807) is 6.07 Å². The standard InChI is InChI=1S/C17H17FN2O2/c18-16-10-14(6-7-17(16)20(21)22)15-8-9-19(12-15)11-13-4-2-1-3-5-13/h1-7,10,15H,8-9,11-12H2/t15-/m1/s1. The van der Waals surface area contributed by atoms with Gasteiger partial charge in [0, 0.05) is 19.2 Å². The summed E-state index contributed by atoms with van der Waals surface area (Å²) in [5.74, 6) is -0.511. The fraction of sp³-hybridized carbons (Fsp3) is 0.294. The first-order valence-electron chi connectivity index (χ1n) is 7.33. The lowest BCUT2D eigenvalue weighted by Gasteiger charge is -2.16. The van der Waals surface area contributed by atoms with Crippen LogP contribution in [0.3, 0.4) is 0 Å². The van der Waals surface area contributed by atoms with Gasteiger partial charge in [-0.05, 0) is 36.1 Å². The van der Waals surface area contributed by atoms with Crippen LogP contribution in [0.1, 0.15) is 23.5 Å². The van der Waals surface area contributed by atoms with Crippen LogP contribution in [-0.2, 0) is 6.54 Å². The van der Waals surface area contributed by atoms with E-state index in [2.05, 4.69) is 17.0 Å². The maximum Gasteiger partial charge on any atom is 0.304 e. The topological polar surface area (TPSA) is 46.4 Å². The Hall–Kier alpha value is -2.27. The van der Waals surface area contributed by atoms with Crippen molar-refractivity contribution in [1.29, 1.82) is 0 Å². The molecule has 5 heteroatoms. The van der Waals surface area contributed by atoms with E-state index in [-0.39, 0.29) is 5.92 Å². The number of hydrogen-bond donors (Lipinski definition) is 0. The first-order chi connectivity index (χ1) is 10.6. The summed E-state index contributed by atoms with van der Waals surface area (Å²) in [7, 11) is 0. The Bertz CT molecular complexity index is 676. The minimum absolute atomic E-state index is 0.235. The molecule has 2 aromatic rings.